The Morgan fingerprint density at radius 3 is 2.90 bits per heavy atom. The number of rotatable bonds is 2. The number of fused-ring (bicyclic) bond motifs is 1. The van der Waals surface area contributed by atoms with E-state index in [4.69, 9.17) is 5.73 Å². The van der Waals surface area contributed by atoms with E-state index in [0.29, 0.717) is 17.1 Å². The van der Waals surface area contributed by atoms with Crippen LogP contribution >= 0.6 is 15.9 Å². The van der Waals surface area contributed by atoms with Crippen LogP contribution in [0, 0.1) is 17.0 Å². The lowest BCUT2D eigenvalue weighted by Gasteiger charge is -2.09. The average Bonchev–Trinajstić information content (AvgIpc) is 2.94. The van der Waals surface area contributed by atoms with Gasteiger partial charge in [-0.1, -0.05) is 0 Å². The first-order valence-corrected chi connectivity index (χ1v) is 7.09. The van der Waals surface area contributed by atoms with Gasteiger partial charge in [0.25, 0.3) is 5.69 Å². The minimum Gasteiger partial charge on any atom is -0.382 e. The predicted octanol–water partition coefficient (Wildman–Crippen LogP) is 2.92. The first-order valence-electron chi connectivity index (χ1n) is 6.30. The van der Waals surface area contributed by atoms with Crippen molar-refractivity contribution in [2.75, 3.05) is 5.73 Å². The number of aromatic nitrogens is 2. The second-order valence-electron chi connectivity index (χ2n) is 4.92. The molecule has 0 radical (unpaired) electrons. The number of nitrogens with zero attached hydrogens (tertiary/aromatic N) is 3. The molecule has 0 saturated carbocycles. The second-order valence-corrected chi connectivity index (χ2v) is 5.78. The van der Waals surface area contributed by atoms with Gasteiger partial charge in [-0.25, -0.2) is 4.68 Å². The SMILES string of the molecule is Cc1cc(Br)c(-n2nc(N)c3c2CCC3)cc1[N+](=O)[O-]. The number of nitrogens with two attached hydrogens (primary N) is 1. The highest BCUT2D eigenvalue weighted by Crippen LogP contribution is 2.34. The molecule has 0 saturated heterocycles. The summed E-state index contributed by atoms with van der Waals surface area (Å²) >= 11 is 3.46. The van der Waals surface area contributed by atoms with Crippen LogP contribution in [0.5, 0.6) is 0 Å². The van der Waals surface area contributed by atoms with E-state index < -0.39 is 0 Å². The summed E-state index contributed by atoms with van der Waals surface area (Å²) in [5.41, 5.74) is 9.42. The van der Waals surface area contributed by atoms with Gasteiger partial charge in [-0.2, -0.15) is 5.10 Å². The first kappa shape index (κ1) is 13.1. The van der Waals surface area contributed by atoms with Gasteiger partial charge in [0, 0.05) is 27.4 Å². The summed E-state index contributed by atoms with van der Waals surface area (Å²) in [5, 5.41) is 15.4. The van der Waals surface area contributed by atoms with Crippen molar-refractivity contribution in [1.82, 2.24) is 9.78 Å². The standard InChI is InChI=1S/C13H13BrN4O2/c1-7-5-9(14)12(6-11(7)18(19)20)17-10-4-2-3-8(10)13(15)16-17/h5-6H,2-4H2,1H3,(H2,15,16). The lowest BCUT2D eigenvalue weighted by Crippen LogP contribution is -2.04. The van der Waals surface area contributed by atoms with Gasteiger partial charge in [0.2, 0.25) is 0 Å². The van der Waals surface area contributed by atoms with Crippen LogP contribution in [-0.4, -0.2) is 14.7 Å². The fourth-order valence-corrected chi connectivity index (χ4v) is 3.30. The van der Waals surface area contributed by atoms with Gasteiger partial charge in [0.15, 0.2) is 0 Å². The zero-order chi connectivity index (χ0) is 14.4. The van der Waals surface area contributed by atoms with Crippen molar-refractivity contribution in [1.29, 1.82) is 0 Å². The first-order chi connectivity index (χ1) is 9.49. The van der Waals surface area contributed by atoms with Crippen molar-refractivity contribution < 1.29 is 4.92 Å². The lowest BCUT2D eigenvalue weighted by molar-refractivity contribution is -0.385. The molecule has 2 aromatic rings. The van der Waals surface area contributed by atoms with Crippen molar-refractivity contribution >= 4 is 27.4 Å². The van der Waals surface area contributed by atoms with Crippen LogP contribution in [-0.2, 0) is 12.8 Å². The fourth-order valence-electron chi connectivity index (χ4n) is 2.67. The van der Waals surface area contributed by atoms with Crippen molar-refractivity contribution in [3.63, 3.8) is 0 Å². The van der Waals surface area contributed by atoms with Gasteiger partial charge in [-0.05, 0) is 48.2 Å². The molecule has 0 spiro atoms. The highest BCUT2D eigenvalue weighted by Gasteiger charge is 2.24. The van der Waals surface area contributed by atoms with Crippen molar-refractivity contribution in [2.24, 2.45) is 0 Å². The molecule has 6 nitrogen and oxygen atoms in total. The van der Waals surface area contributed by atoms with E-state index in [9.17, 15) is 10.1 Å². The molecular formula is C13H13BrN4O2. The van der Waals surface area contributed by atoms with Crippen LogP contribution in [0.1, 0.15) is 23.2 Å². The average molecular weight is 337 g/mol. The number of hydrogen-bond acceptors (Lipinski definition) is 4. The smallest absolute Gasteiger partial charge is 0.274 e. The summed E-state index contributed by atoms with van der Waals surface area (Å²) in [4.78, 5) is 10.7. The maximum atomic E-state index is 11.1. The van der Waals surface area contributed by atoms with E-state index in [-0.39, 0.29) is 10.6 Å². The minimum absolute atomic E-state index is 0.0871. The van der Waals surface area contributed by atoms with Crippen molar-refractivity contribution in [2.45, 2.75) is 26.2 Å². The molecule has 0 amide bonds. The number of nitrogen functional groups attached to an aromatic ring is 1. The summed E-state index contributed by atoms with van der Waals surface area (Å²) in [5.74, 6) is 0.521. The number of benzene rings is 1. The van der Waals surface area contributed by atoms with E-state index in [2.05, 4.69) is 21.0 Å². The summed E-state index contributed by atoms with van der Waals surface area (Å²) in [6.45, 7) is 1.72. The minimum atomic E-state index is -0.377. The van der Waals surface area contributed by atoms with E-state index >= 15 is 0 Å². The quantitative estimate of drug-likeness (QED) is 0.674. The molecule has 1 aromatic heterocycles. The van der Waals surface area contributed by atoms with Gasteiger partial charge in [-0.3, -0.25) is 10.1 Å². The maximum absolute atomic E-state index is 11.1. The van der Waals surface area contributed by atoms with E-state index in [1.165, 1.54) is 0 Å². The molecule has 2 N–H and O–H groups in total. The monoisotopic (exact) mass is 336 g/mol. The summed E-state index contributed by atoms with van der Waals surface area (Å²) < 4.78 is 2.51. The van der Waals surface area contributed by atoms with Crippen LogP contribution in [0.2, 0.25) is 0 Å². The molecule has 0 aliphatic heterocycles. The van der Waals surface area contributed by atoms with Crippen LogP contribution in [0.3, 0.4) is 0 Å². The molecule has 1 aromatic carbocycles. The Labute approximate surface area is 123 Å². The van der Waals surface area contributed by atoms with Gasteiger partial charge in [0.1, 0.15) is 5.82 Å². The molecule has 0 unspecified atom stereocenters. The zero-order valence-electron chi connectivity index (χ0n) is 10.9. The van der Waals surface area contributed by atoms with Crippen LogP contribution in [0.4, 0.5) is 11.5 Å². The molecule has 1 aliphatic carbocycles. The molecule has 0 fully saturated rings. The van der Waals surface area contributed by atoms with Crippen molar-refractivity contribution in [3.8, 4) is 5.69 Å². The molecule has 0 atom stereocenters. The Bertz CT molecular complexity index is 724. The molecule has 3 rings (SSSR count). The van der Waals surface area contributed by atoms with Gasteiger partial charge >= 0.3 is 0 Å². The van der Waals surface area contributed by atoms with Crippen molar-refractivity contribution in [3.05, 3.63) is 43.5 Å². The third kappa shape index (κ3) is 1.89. The Balaban J connectivity index is 2.23. The number of halogens is 1. The van der Waals surface area contributed by atoms with E-state index in [0.717, 1.165) is 35.0 Å². The fraction of sp³-hybridized carbons (Fsp3) is 0.308. The Kier molecular flexibility index (Phi) is 3.01. The number of hydrogen-bond donors (Lipinski definition) is 1. The number of nitro benzene ring substituents is 1. The highest BCUT2D eigenvalue weighted by molar-refractivity contribution is 9.10. The summed E-state index contributed by atoms with van der Waals surface area (Å²) in [6, 6.07) is 3.29. The normalized spacial score (nSPS) is 13.5. The highest BCUT2D eigenvalue weighted by atomic mass is 79.9. The number of nitro groups is 1. The molecule has 0 bridgehead atoms. The zero-order valence-corrected chi connectivity index (χ0v) is 12.5. The lowest BCUT2D eigenvalue weighted by atomic mass is 10.2. The van der Waals surface area contributed by atoms with Crippen LogP contribution in [0.25, 0.3) is 5.69 Å². The van der Waals surface area contributed by atoms with Gasteiger partial charge < -0.3 is 5.73 Å². The Hall–Kier alpha value is -1.89. The third-order valence-corrected chi connectivity index (χ3v) is 4.29. The van der Waals surface area contributed by atoms with Crippen LogP contribution < -0.4 is 5.73 Å². The summed E-state index contributed by atoms with van der Waals surface area (Å²) in [6.07, 6.45) is 2.86. The maximum Gasteiger partial charge on any atom is 0.274 e. The molecule has 104 valence electrons. The largest absolute Gasteiger partial charge is 0.382 e. The number of anilines is 1. The Morgan fingerprint density at radius 1 is 1.45 bits per heavy atom. The molecule has 1 heterocycles. The van der Waals surface area contributed by atoms with Gasteiger partial charge in [-0.15, -0.1) is 0 Å². The molecular weight excluding hydrogens is 324 g/mol. The molecule has 20 heavy (non-hydrogen) atoms. The third-order valence-electron chi connectivity index (χ3n) is 3.65. The predicted molar refractivity (Wildman–Crippen MR) is 79.1 cm³/mol. The van der Waals surface area contributed by atoms with Gasteiger partial charge in [0.05, 0.1) is 10.6 Å². The topological polar surface area (TPSA) is 87.0 Å². The van der Waals surface area contributed by atoms with E-state index in [1.807, 2.05) is 0 Å². The van der Waals surface area contributed by atoms with E-state index in [1.54, 1.807) is 23.7 Å². The summed E-state index contributed by atoms with van der Waals surface area (Å²) in [7, 11) is 0. The number of aryl methyl sites for hydroxylation is 1. The Morgan fingerprint density at radius 2 is 2.20 bits per heavy atom. The molecule has 7 heteroatoms. The van der Waals surface area contributed by atoms with Crippen LogP contribution in [0.15, 0.2) is 16.6 Å². The molecule has 1 aliphatic rings. The second kappa shape index (κ2) is 4.59.